The molecule has 19 heavy (non-hydrogen) atoms. The van der Waals surface area contributed by atoms with Crippen LogP contribution < -0.4 is 17.2 Å². The van der Waals surface area contributed by atoms with Gasteiger partial charge < -0.3 is 22.3 Å². The van der Waals surface area contributed by atoms with Crippen LogP contribution in [-0.2, 0) is 4.79 Å². The molecular weight excluding hydrogens is 242 g/mol. The van der Waals surface area contributed by atoms with Crippen LogP contribution in [0, 0.1) is 11.3 Å². The van der Waals surface area contributed by atoms with Gasteiger partial charge in [0, 0.05) is 0 Å². The lowest BCUT2D eigenvalue weighted by Crippen LogP contribution is -2.24. The molecule has 0 spiro atoms. The van der Waals surface area contributed by atoms with E-state index in [1.807, 2.05) is 13.8 Å². The Kier molecular flexibility index (Phi) is 19.0. The van der Waals surface area contributed by atoms with Gasteiger partial charge in [0.1, 0.15) is 0 Å². The number of nitrogens with two attached hydrogens (primary N) is 3. The molecule has 0 atom stereocenters. The molecule has 5 heteroatoms. The van der Waals surface area contributed by atoms with Crippen molar-refractivity contribution in [3.8, 4) is 0 Å². The Morgan fingerprint density at radius 1 is 1.05 bits per heavy atom. The number of aliphatic carboxylic acids is 1. The SMILES string of the molecule is CC(C)(CCC1CCCC1)C(=O)O.CN.CN.CN. The molecule has 0 radical (unpaired) electrons. The van der Waals surface area contributed by atoms with Crippen LogP contribution in [0.15, 0.2) is 0 Å². The zero-order valence-electron chi connectivity index (χ0n) is 13.4. The van der Waals surface area contributed by atoms with Crippen molar-refractivity contribution in [3.63, 3.8) is 0 Å². The molecule has 0 saturated heterocycles. The third kappa shape index (κ3) is 12.1. The molecule has 1 aliphatic carbocycles. The predicted octanol–water partition coefficient (Wildman–Crippen LogP) is 1.79. The van der Waals surface area contributed by atoms with Gasteiger partial charge in [-0.25, -0.2) is 0 Å². The standard InChI is InChI=1S/C11H20O2.3CH5N/c1-11(2,10(12)13)8-7-9-5-3-4-6-9;3*1-2/h9H,3-8H2,1-2H3,(H,12,13);3*2H2,1H3. The minimum atomic E-state index is -0.662. The molecule has 0 aromatic carbocycles. The summed E-state index contributed by atoms with van der Waals surface area (Å²) in [5.74, 6) is 0.143. The van der Waals surface area contributed by atoms with Gasteiger partial charge in [-0.15, -0.1) is 0 Å². The number of carbonyl (C=O) groups is 1. The van der Waals surface area contributed by atoms with Crippen molar-refractivity contribution in [2.75, 3.05) is 21.1 Å². The number of carboxylic acid groups (broad SMARTS) is 1. The summed E-state index contributed by atoms with van der Waals surface area (Å²) in [5.41, 5.74) is 13.0. The van der Waals surface area contributed by atoms with E-state index in [0.717, 1.165) is 18.8 Å². The maximum absolute atomic E-state index is 10.8. The smallest absolute Gasteiger partial charge is 0.309 e. The zero-order chi connectivity index (χ0) is 15.9. The maximum Gasteiger partial charge on any atom is 0.309 e. The highest BCUT2D eigenvalue weighted by Crippen LogP contribution is 2.33. The molecule has 0 bridgehead atoms. The van der Waals surface area contributed by atoms with Crippen LogP contribution in [0.4, 0.5) is 0 Å². The van der Waals surface area contributed by atoms with Gasteiger partial charge >= 0.3 is 5.97 Å². The van der Waals surface area contributed by atoms with Crippen molar-refractivity contribution in [2.45, 2.75) is 52.4 Å². The van der Waals surface area contributed by atoms with Crippen LogP contribution in [0.3, 0.4) is 0 Å². The topological polar surface area (TPSA) is 115 Å². The summed E-state index contributed by atoms with van der Waals surface area (Å²) in [6, 6.07) is 0. The zero-order valence-corrected chi connectivity index (χ0v) is 13.4. The summed E-state index contributed by atoms with van der Waals surface area (Å²) in [6.07, 6.45) is 7.24. The minimum Gasteiger partial charge on any atom is -0.481 e. The van der Waals surface area contributed by atoms with Crippen molar-refractivity contribution in [3.05, 3.63) is 0 Å². The van der Waals surface area contributed by atoms with Gasteiger partial charge in [0.2, 0.25) is 0 Å². The minimum absolute atomic E-state index is 0.525. The Morgan fingerprint density at radius 2 is 1.42 bits per heavy atom. The van der Waals surface area contributed by atoms with E-state index >= 15 is 0 Å². The van der Waals surface area contributed by atoms with Crippen LogP contribution in [0.2, 0.25) is 0 Å². The molecule has 1 fully saturated rings. The fourth-order valence-corrected chi connectivity index (χ4v) is 1.97. The van der Waals surface area contributed by atoms with Gasteiger partial charge in [-0.2, -0.15) is 0 Å². The molecule has 1 saturated carbocycles. The van der Waals surface area contributed by atoms with Gasteiger partial charge in [-0.1, -0.05) is 25.7 Å². The van der Waals surface area contributed by atoms with E-state index < -0.39 is 11.4 Å². The monoisotopic (exact) mass is 277 g/mol. The van der Waals surface area contributed by atoms with Gasteiger partial charge in [-0.05, 0) is 53.8 Å². The summed E-state index contributed by atoms with van der Waals surface area (Å²) >= 11 is 0. The number of hydrogen-bond acceptors (Lipinski definition) is 4. The molecule has 118 valence electrons. The van der Waals surface area contributed by atoms with E-state index in [0.29, 0.717) is 0 Å². The van der Waals surface area contributed by atoms with E-state index in [9.17, 15) is 4.79 Å². The average molecular weight is 277 g/mol. The van der Waals surface area contributed by atoms with Crippen molar-refractivity contribution in [2.24, 2.45) is 28.5 Å². The summed E-state index contributed by atoms with van der Waals surface area (Å²) in [7, 11) is 4.50. The summed E-state index contributed by atoms with van der Waals surface area (Å²) in [4.78, 5) is 10.8. The van der Waals surface area contributed by atoms with E-state index in [1.165, 1.54) is 46.8 Å². The molecule has 0 aromatic heterocycles. The van der Waals surface area contributed by atoms with Gasteiger partial charge in [0.15, 0.2) is 0 Å². The first-order chi connectivity index (χ1) is 9.02. The van der Waals surface area contributed by atoms with Crippen molar-refractivity contribution < 1.29 is 9.90 Å². The normalized spacial score (nSPS) is 14.1. The third-order valence-electron chi connectivity index (χ3n) is 3.23. The second kappa shape index (κ2) is 15.4. The average Bonchev–Trinajstić information content (AvgIpc) is 2.96. The molecule has 5 nitrogen and oxygen atoms in total. The van der Waals surface area contributed by atoms with Gasteiger partial charge in [0.25, 0.3) is 0 Å². The van der Waals surface area contributed by atoms with Crippen LogP contribution in [0.25, 0.3) is 0 Å². The largest absolute Gasteiger partial charge is 0.481 e. The Balaban J connectivity index is -0.000000375. The van der Waals surface area contributed by atoms with Crippen molar-refractivity contribution in [1.82, 2.24) is 0 Å². The molecule has 7 N–H and O–H groups in total. The molecule has 0 heterocycles. The van der Waals surface area contributed by atoms with E-state index in [2.05, 4.69) is 17.2 Å². The second-order valence-electron chi connectivity index (χ2n) is 4.88. The fourth-order valence-electron chi connectivity index (χ4n) is 1.97. The number of hydrogen-bond donors (Lipinski definition) is 4. The summed E-state index contributed by atoms with van der Waals surface area (Å²) < 4.78 is 0. The second-order valence-corrected chi connectivity index (χ2v) is 4.88. The quantitative estimate of drug-likeness (QED) is 0.625. The summed E-state index contributed by atoms with van der Waals surface area (Å²) in [6.45, 7) is 3.65. The molecule has 0 aliphatic heterocycles. The molecular formula is C14H35N3O2. The molecule has 0 aromatic rings. The number of carboxylic acids is 1. The Morgan fingerprint density at radius 3 is 1.74 bits per heavy atom. The lowest BCUT2D eigenvalue weighted by molar-refractivity contribution is -0.147. The van der Waals surface area contributed by atoms with Crippen LogP contribution in [0.1, 0.15) is 52.4 Å². The fraction of sp³-hybridized carbons (Fsp3) is 0.929. The first-order valence-electron chi connectivity index (χ1n) is 6.99. The Labute approximate surface area is 118 Å². The highest BCUT2D eigenvalue weighted by atomic mass is 16.4. The van der Waals surface area contributed by atoms with E-state index in [1.54, 1.807) is 0 Å². The maximum atomic E-state index is 10.8. The third-order valence-corrected chi connectivity index (χ3v) is 3.23. The van der Waals surface area contributed by atoms with E-state index in [-0.39, 0.29) is 0 Å². The van der Waals surface area contributed by atoms with Crippen molar-refractivity contribution in [1.29, 1.82) is 0 Å². The first kappa shape index (κ1) is 23.4. The Hall–Kier alpha value is -0.650. The highest BCUT2D eigenvalue weighted by Gasteiger charge is 2.28. The van der Waals surface area contributed by atoms with Crippen LogP contribution in [-0.4, -0.2) is 32.2 Å². The van der Waals surface area contributed by atoms with E-state index in [4.69, 9.17) is 5.11 Å². The molecule has 0 amide bonds. The predicted molar refractivity (Wildman–Crippen MR) is 82.9 cm³/mol. The molecule has 1 rings (SSSR count). The molecule has 1 aliphatic rings. The summed E-state index contributed by atoms with van der Waals surface area (Å²) in [5, 5.41) is 8.92. The van der Waals surface area contributed by atoms with Crippen molar-refractivity contribution >= 4 is 5.97 Å². The Bertz CT molecular complexity index is 191. The molecule has 0 unspecified atom stereocenters. The lowest BCUT2D eigenvalue weighted by Gasteiger charge is -2.20. The first-order valence-corrected chi connectivity index (χ1v) is 6.99. The van der Waals surface area contributed by atoms with Gasteiger partial charge in [0.05, 0.1) is 5.41 Å². The number of rotatable bonds is 4. The highest BCUT2D eigenvalue weighted by molar-refractivity contribution is 5.73. The van der Waals surface area contributed by atoms with Gasteiger partial charge in [-0.3, -0.25) is 4.79 Å². The van der Waals surface area contributed by atoms with Crippen LogP contribution in [0.5, 0.6) is 0 Å². The lowest BCUT2D eigenvalue weighted by atomic mass is 9.84. The van der Waals surface area contributed by atoms with Crippen LogP contribution >= 0.6 is 0 Å².